The third-order valence-electron chi connectivity index (χ3n) is 6.34. The Kier molecular flexibility index (Phi) is 6.22. The summed E-state index contributed by atoms with van der Waals surface area (Å²) >= 11 is 0. The smallest absolute Gasteiger partial charge is 0.241 e. The predicted molar refractivity (Wildman–Crippen MR) is 106 cm³/mol. The van der Waals surface area contributed by atoms with Gasteiger partial charge in [-0.2, -0.15) is 0 Å². The maximum absolute atomic E-state index is 13.0. The second-order valence-corrected chi connectivity index (χ2v) is 8.38. The van der Waals surface area contributed by atoms with E-state index in [9.17, 15) is 9.59 Å². The Morgan fingerprint density at radius 2 is 1.96 bits per heavy atom. The number of amides is 2. The van der Waals surface area contributed by atoms with Gasteiger partial charge in [0.2, 0.25) is 11.8 Å². The number of carbonyl (C=O) groups is 2. The van der Waals surface area contributed by atoms with Crippen LogP contribution in [0.2, 0.25) is 0 Å². The number of hydrazine groups is 1. The van der Waals surface area contributed by atoms with E-state index in [2.05, 4.69) is 21.2 Å². The van der Waals surface area contributed by atoms with Crippen molar-refractivity contribution in [1.82, 2.24) is 26.1 Å². The van der Waals surface area contributed by atoms with Crippen molar-refractivity contribution in [2.45, 2.75) is 69.5 Å². The maximum Gasteiger partial charge on any atom is 0.241 e. The third-order valence-corrected chi connectivity index (χ3v) is 6.34. The molecule has 3 unspecified atom stereocenters. The number of aromatic nitrogens is 1. The minimum Gasteiger partial charge on any atom is -0.353 e. The Labute approximate surface area is 166 Å². The van der Waals surface area contributed by atoms with Gasteiger partial charge in [-0.15, -0.1) is 0 Å². The molecule has 3 atom stereocenters. The van der Waals surface area contributed by atoms with E-state index in [1.54, 1.807) is 6.20 Å². The number of piperidine rings is 1. The van der Waals surface area contributed by atoms with Gasteiger partial charge in [0.25, 0.3) is 0 Å². The Morgan fingerprint density at radius 1 is 1.11 bits per heavy atom. The molecule has 0 aromatic carbocycles. The highest BCUT2D eigenvalue weighted by Gasteiger charge is 2.36. The molecule has 152 valence electrons. The summed E-state index contributed by atoms with van der Waals surface area (Å²) in [4.78, 5) is 31.8. The van der Waals surface area contributed by atoms with E-state index >= 15 is 0 Å². The molecule has 1 aromatic heterocycles. The maximum atomic E-state index is 13.0. The molecule has 2 saturated heterocycles. The lowest BCUT2D eigenvalue weighted by Gasteiger charge is -2.34. The Hall–Kier alpha value is -1.99. The molecule has 1 aliphatic carbocycles. The zero-order valence-electron chi connectivity index (χ0n) is 16.4. The van der Waals surface area contributed by atoms with Crippen molar-refractivity contribution in [3.05, 3.63) is 30.1 Å². The summed E-state index contributed by atoms with van der Waals surface area (Å²) in [6, 6.07) is 4.08. The van der Waals surface area contributed by atoms with Crippen LogP contribution in [0.15, 0.2) is 24.5 Å². The van der Waals surface area contributed by atoms with Gasteiger partial charge in [-0.3, -0.25) is 14.6 Å². The third kappa shape index (κ3) is 4.52. The van der Waals surface area contributed by atoms with E-state index in [-0.39, 0.29) is 29.8 Å². The lowest BCUT2D eigenvalue weighted by atomic mass is 9.92. The molecule has 0 spiro atoms. The van der Waals surface area contributed by atoms with Crippen LogP contribution in [0.1, 0.15) is 63.0 Å². The second-order valence-electron chi connectivity index (χ2n) is 8.38. The van der Waals surface area contributed by atoms with Crippen LogP contribution in [-0.2, 0) is 9.59 Å². The van der Waals surface area contributed by atoms with E-state index in [1.807, 2.05) is 23.2 Å². The molecular weight excluding hydrogens is 354 g/mol. The summed E-state index contributed by atoms with van der Waals surface area (Å²) in [5.41, 5.74) is 7.43. The van der Waals surface area contributed by atoms with Gasteiger partial charge in [-0.25, -0.2) is 10.9 Å². The summed E-state index contributed by atoms with van der Waals surface area (Å²) in [5, 5.41) is 3.23. The molecule has 3 fully saturated rings. The quantitative estimate of drug-likeness (QED) is 0.734. The Balaban J connectivity index is 1.30. The molecule has 7 heteroatoms. The summed E-state index contributed by atoms with van der Waals surface area (Å²) in [6.07, 6.45) is 11.9. The first-order valence-corrected chi connectivity index (χ1v) is 10.7. The standard InChI is InChI=1S/C21H31N5O2/c27-20(23-17-8-2-1-3-9-17)16-7-5-11-26(14-16)21(28)19-12-18(24-25-19)15-6-4-10-22-13-15/h4,6,10,13,16-19,24-25H,1-3,5,7-9,11-12,14H2,(H,23,27). The molecule has 1 saturated carbocycles. The number of likely N-dealkylation sites (tertiary alicyclic amines) is 1. The van der Waals surface area contributed by atoms with E-state index in [0.717, 1.165) is 37.8 Å². The van der Waals surface area contributed by atoms with Crippen molar-refractivity contribution in [3.8, 4) is 0 Å². The fourth-order valence-electron chi connectivity index (χ4n) is 4.70. The van der Waals surface area contributed by atoms with Gasteiger partial charge >= 0.3 is 0 Å². The van der Waals surface area contributed by atoms with Crippen LogP contribution in [0.3, 0.4) is 0 Å². The van der Waals surface area contributed by atoms with Crippen molar-refractivity contribution < 1.29 is 9.59 Å². The van der Waals surface area contributed by atoms with Gasteiger partial charge in [0.15, 0.2) is 0 Å². The highest BCUT2D eigenvalue weighted by molar-refractivity contribution is 5.84. The number of carbonyl (C=O) groups excluding carboxylic acids is 2. The van der Waals surface area contributed by atoms with Crippen LogP contribution in [0.5, 0.6) is 0 Å². The zero-order valence-corrected chi connectivity index (χ0v) is 16.4. The van der Waals surface area contributed by atoms with Gasteiger partial charge in [-0.05, 0) is 43.7 Å². The predicted octanol–water partition coefficient (Wildman–Crippen LogP) is 1.68. The number of pyridine rings is 1. The molecule has 28 heavy (non-hydrogen) atoms. The Morgan fingerprint density at radius 3 is 2.75 bits per heavy atom. The number of nitrogens with zero attached hydrogens (tertiary/aromatic N) is 2. The van der Waals surface area contributed by atoms with E-state index in [1.165, 1.54) is 19.3 Å². The molecule has 4 rings (SSSR count). The average Bonchev–Trinajstić information content (AvgIpc) is 3.25. The van der Waals surface area contributed by atoms with Crippen molar-refractivity contribution in [2.75, 3.05) is 13.1 Å². The molecule has 7 nitrogen and oxygen atoms in total. The van der Waals surface area contributed by atoms with E-state index in [4.69, 9.17) is 0 Å². The molecule has 3 N–H and O–H groups in total. The molecule has 3 aliphatic rings. The van der Waals surface area contributed by atoms with Gasteiger partial charge in [0, 0.05) is 37.6 Å². The summed E-state index contributed by atoms with van der Waals surface area (Å²) in [6.45, 7) is 1.27. The Bertz CT molecular complexity index is 677. The largest absolute Gasteiger partial charge is 0.353 e. The van der Waals surface area contributed by atoms with Gasteiger partial charge in [0.05, 0.1) is 5.92 Å². The number of nitrogens with one attached hydrogen (secondary N) is 3. The molecule has 3 heterocycles. The van der Waals surface area contributed by atoms with Crippen LogP contribution in [0.4, 0.5) is 0 Å². The first-order chi connectivity index (χ1) is 13.7. The van der Waals surface area contributed by atoms with Crippen LogP contribution in [-0.4, -0.2) is 46.9 Å². The fourth-order valence-corrected chi connectivity index (χ4v) is 4.70. The van der Waals surface area contributed by atoms with Crippen LogP contribution < -0.4 is 16.2 Å². The van der Waals surface area contributed by atoms with Crippen LogP contribution >= 0.6 is 0 Å². The topological polar surface area (TPSA) is 86.4 Å². The van der Waals surface area contributed by atoms with Gasteiger partial charge < -0.3 is 10.2 Å². The molecule has 0 bridgehead atoms. The molecule has 0 radical (unpaired) electrons. The van der Waals surface area contributed by atoms with Gasteiger partial charge in [0.1, 0.15) is 6.04 Å². The summed E-state index contributed by atoms with van der Waals surface area (Å²) in [7, 11) is 0. The molecular formula is C21H31N5O2. The van der Waals surface area contributed by atoms with Crippen molar-refractivity contribution >= 4 is 11.8 Å². The van der Waals surface area contributed by atoms with Crippen molar-refractivity contribution in [3.63, 3.8) is 0 Å². The second kappa shape index (κ2) is 9.01. The number of hydrogen-bond donors (Lipinski definition) is 3. The SMILES string of the molecule is O=C(NC1CCCCC1)C1CCCN(C(=O)C2CC(c3cccnc3)NN2)C1. The number of hydrogen-bond acceptors (Lipinski definition) is 5. The van der Waals surface area contributed by atoms with E-state index < -0.39 is 0 Å². The fraction of sp³-hybridized carbons (Fsp3) is 0.667. The monoisotopic (exact) mass is 385 g/mol. The molecule has 2 aliphatic heterocycles. The van der Waals surface area contributed by atoms with Crippen LogP contribution in [0, 0.1) is 5.92 Å². The van der Waals surface area contributed by atoms with Gasteiger partial charge in [-0.1, -0.05) is 25.3 Å². The lowest BCUT2D eigenvalue weighted by Crippen LogP contribution is -2.52. The van der Waals surface area contributed by atoms with E-state index in [0.29, 0.717) is 19.0 Å². The molecule has 2 amide bonds. The average molecular weight is 386 g/mol. The minimum absolute atomic E-state index is 0.0805. The highest BCUT2D eigenvalue weighted by Crippen LogP contribution is 2.25. The highest BCUT2D eigenvalue weighted by atomic mass is 16.2. The number of rotatable bonds is 4. The minimum atomic E-state index is -0.259. The first kappa shape index (κ1) is 19.3. The lowest BCUT2D eigenvalue weighted by molar-refractivity contribution is -0.137. The van der Waals surface area contributed by atoms with Crippen molar-refractivity contribution in [1.29, 1.82) is 0 Å². The molecule has 1 aromatic rings. The first-order valence-electron chi connectivity index (χ1n) is 10.7. The summed E-state index contributed by atoms with van der Waals surface area (Å²) < 4.78 is 0. The van der Waals surface area contributed by atoms with Crippen molar-refractivity contribution in [2.24, 2.45) is 5.92 Å². The normalized spacial score (nSPS) is 28.9. The van der Waals surface area contributed by atoms with Crippen LogP contribution in [0.25, 0.3) is 0 Å². The zero-order chi connectivity index (χ0) is 19.3. The summed E-state index contributed by atoms with van der Waals surface area (Å²) in [5.74, 6) is 0.146.